The minimum Gasteiger partial charge on any atom is -0.268 e. The molecule has 0 spiro atoms. The summed E-state index contributed by atoms with van der Waals surface area (Å²) in [5.41, 5.74) is 3.02. The van der Waals surface area contributed by atoms with Crippen molar-refractivity contribution in [2.24, 2.45) is 0 Å². The van der Waals surface area contributed by atoms with Crippen LogP contribution in [0, 0.1) is 18.3 Å². The van der Waals surface area contributed by atoms with Crippen LogP contribution >= 0.6 is 0 Å². The largest absolute Gasteiger partial charge is 0.268 e. The van der Waals surface area contributed by atoms with Crippen molar-refractivity contribution in [1.82, 2.24) is 0 Å². The van der Waals surface area contributed by atoms with Crippen LogP contribution in [-0.4, -0.2) is 11.8 Å². The van der Waals surface area contributed by atoms with Crippen molar-refractivity contribution in [2.45, 2.75) is 6.92 Å². The highest BCUT2D eigenvalue weighted by Gasteiger charge is 2.34. The Hall–Kier alpha value is -3.45. The molecule has 0 unspecified atom stereocenters. The number of carbonyl (C=O) groups is 2. The fourth-order valence-electron chi connectivity index (χ4n) is 3.16. The number of nitriles is 1. The van der Waals surface area contributed by atoms with Crippen molar-refractivity contribution < 1.29 is 9.59 Å². The van der Waals surface area contributed by atoms with Gasteiger partial charge in [0.05, 0.1) is 17.3 Å². The molecule has 114 valence electrons. The Bertz CT molecular complexity index is 1040. The van der Waals surface area contributed by atoms with E-state index in [4.69, 9.17) is 5.26 Å². The molecule has 3 aromatic rings. The number of amides is 2. The molecule has 0 aromatic heterocycles. The third-order valence-electron chi connectivity index (χ3n) is 4.38. The average molecular weight is 312 g/mol. The maximum atomic E-state index is 12.9. The van der Waals surface area contributed by atoms with Crippen LogP contribution in [-0.2, 0) is 0 Å². The molecule has 0 radical (unpaired) electrons. The highest BCUT2D eigenvalue weighted by Crippen LogP contribution is 2.34. The Morgan fingerprint density at radius 1 is 0.875 bits per heavy atom. The third-order valence-corrected chi connectivity index (χ3v) is 4.38. The molecule has 4 nitrogen and oxygen atoms in total. The van der Waals surface area contributed by atoms with Gasteiger partial charge in [-0.15, -0.1) is 0 Å². The Labute approximate surface area is 138 Å². The van der Waals surface area contributed by atoms with E-state index in [1.807, 2.05) is 31.2 Å². The Morgan fingerprint density at radius 2 is 1.54 bits per heavy atom. The number of anilines is 1. The van der Waals surface area contributed by atoms with E-state index in [0.29, 0.717) is 22.4 Å². The second-order valence-electron chi connectivity index (χ2n) is 5.76. The number of hydrogen-bond donors (Lipinski definition) is 0. The van der Waals surface area contributed by atoms with Gasteiger partial charge in [0, 0.05) is 16.5 Å². The number of hydrogen-bond acceptors (Lipinski definition) is 3. The summed E-state index contributed by atoms with van der Waals surface area (Å²) in [4.78, 5) is 27.0. The highest BCUT2D eigenvalue weighted by molar-refractivity contribution is 6.35. The van der Waals surface area contributed by atoms with Gasteiger partial charge < -0.3 is 0 Å². The van der Waals surface area contributed by atoms with Gasteiger partial charge in [0.25, 0.3) is 11.8 Å². The van der Waals surface area contributed by atoms with Crippen molar-refractivity contribution in [1.29, 1.82) is 5.26 Å². The first-order valence-electron chi connectivity index (χ1n) is 7.53. The minimum absolute atomic E-state index is 0.339. The third kappa shape index (κ3) is 1.85. The molecule has 1 heterocycles. The van der Waals surface area contributed by atoms with Gasteiger partial charge in [-0.2, -0.15) is 5.26 Å². The summed E-state index contributed by atoms with van der Waals surface area (Å²) in [7, 11) is 0. The van der Waals surface area contributed by atoms with Gasteiger partial charge in [-0.3, -0.25) is 9.59 Å². The molecule has 0 bridgehead atoms. The molecule has 1 aliphatic heterocycles. The maximum Gasteiger partial charge on any atom is 0.265 e. The Balaban J connectivity index is 1.95. The predicted molar refractivity (Wildman–Crippen MR) is 91.0 cm³/mol. The first-order chi connectivity index (χ1) is 11.6. The van der Waals surface area contributed by atoms with Crippen LogP contribution in [0.3, 0.4) is 0 Å². The van der Waals surface area contributed by atoms with E-state index in [-0.39, 0.29) is 11.8 Å². The van der Waals surface area contributed by atoms with Gasteiger partial charge in [-0.1, -0.05) is 18.2 Å². The Kier molecular flexibility index (Phi) is 2.97. The summed E-state index contributed by atoms with van der Waals surface area (Å²) in [6.45, 7) is 1.96. The summed E-state index contributed by atoms with van der Waals surface area (Å²) in [5, 5.41) is 10.5. The molecule has 24 heavy (non-hydrogen) atoms. The second kappa shape index (κ2) is 5.04. The number of aryl methyl sites for hydroxylation is 1. The summed E-state index contributed by atoms with van der Waals surface area (Å²) >= 11 is 0. The lowest BCUT2D eigenvalue weighted by Crippen LogP contribution is -2.40. The number of imide groups is 1. The minimum atomic E-state index is -0.339. The zero-order valence-corrected chi connectivity index (χ0v) is 12.9. The van der Waals surface area contributed by atoms with Crippen molar-refractivity contribution >= 4 is 28.3 Å². The molecule has 0 aliphatic carbocycles. The van der Waals surface area contributed by atoms with E-state index in [2.05, 4.69) is 0 Å². The molecule has 0 atom stereocenters. The molecule has 2 amide bonds. The average Bonchev–Trinajstić information content (AvgIpc) is 2.61. The fraction of sp³-hybridized carbons (Fsp3) is 0.0500. The number of nitrogens with zero attached hydrogens (tertiary/aromatic N) is 2. The van der Waals surface area contributed by atoms with Crippen molar-refractivity contribution in [3.8, 4) is 6.07 Å². The van der Waals surface area contributed by atoms with Gasteiger partial charge >= 0.3 is 0 Å². The van der Waals surface area contributed by atoms with E-state index in [9.17, 15) is 9.59 Å². The van der Waals surface area contributed by atoms with E-state index >= 15 is 0 Å². The molecule has 4 heteroatoms. The van der Waals surface area contributed by atoms with Crippen LogP contribution < -0.4 is 4.90 Å². The lowest BCUT2D eigenvalue weighted by atomic mass is 9.91. The SMILES string of the molecule is Cc1ccc2c3c(cccc13)C(=O)N(c1ccc(C#N)cc1)C2=O. The zero-order valence-electron chi connectivity index (χ0n) is 12.9. The fourth-order valence-corrected chi connectivity index (χ4v) is 3.16. The molecule has 0 saturated carbocycles. The molecule has 0 fully saturated rings. The van der Waals surface area contributed by atoms with Crippen LogP contribution in [0.2, 0.25) is 0 Å². The standard InChI is InChI=1S/C20H12N2O2/c1-12-5-10-17-18-15(12)3-2-4-16(18)19(23)22(20(17)24)14-8-6-13(11-21)7-9-14/h2-10H,1H3. The molecule has 1 aliphatic rings. The second-order valence-corrected chi connectivity index (χ2v) is 5.76. The number of carbonyl (C=O) groups excluding carboxylic acids is 2. The van der Waals surface area contributed by atoms with Crippen LogP contribution in [0.25, 0.3) is 10.8 Å². The van der Waals surface area contributed by atoms with Crippen LogP contribution in [0.15, 0.2) is 54.6 Å². The van der Waals surface area contributed by atoms with Crippen LogP contribution in [0.5, 0.6) is 0 Å². The summed E-state index contributed by atoms with van der Waals surface area (Å²) < 4.78 is 0. The number of benzene rings is 3. The quantitative estimate of drug-likeness (QED) is 0.642. The molecule has 4 rings (SSSR count). The smallest absolute Gasteiger partial charge is 0.265 e. The summed E-state index contributed by atoms with van der Waals surface area (Å²) in [6, 6.07) is 17.6. The lowest BCUT2D eigenvalue weighted by Gasteiger charge is -2.27. The first kappa shape index (κ1) is 14.2. The van der Waals surface area contributed by atoms with Gasteiger partial charge in [-0.05, 0) is 54.3 Å². The van der Waals surface area contributed by atoms with Gasteiger partial charge in [0.1, 0.15) is 0 Å². The van der Waals surface area contributed by atoms with Crippen molar-refractivity contribution in [3.05, 3.63) is 76.9 Å². The van der Waals surface area contributed by atoms with Crippen LogP contribution in [0.4, 0.5) is 5.69 Å². The molecule has 0 saturated heterocycles. The van der Waals surface area contributed by atoms with E-state index in [1.54, 1.807) is 36.4 Å². The van der Waals surface area contributed by atoms with Gasteiger partial charge in [0.15, 0.2) is 0 Å². The lowest BCUT2D eigenvalue weighted by molar-refractivity contribution is 0.0893. The summed E-state index contributed by atoms with van der Waals surface area (Å²) in [5.74, 6) is -0.679. The number of rotatable bonds is 1. The molecular weight excluding hydrogens is 300 g/mol. The molecule has 0 N–H and O–H groups in total. The van der Waals surface area contributed by atoms with Gasteiger partial charge in [0.2, 0.25) is 0 Å². The van der Waals surface area contributed by atoms with Crippen molar-refractivity contribution in [2.75, 3.05) is 4.90 Å². The van der Waals surface area contributed by atoms with Crippen LogP contribution in [0.1, 0.15) is 31.8 Å². The van der Waals surface area contributed by atoms with E-state index < -0.39 is 0 Å². The normalized spacial score (nSPS) is 13.2. The topological polar surface area (TPSA) is 61.2 Å². The zero-order chi connectivity index (χ0) is 16.8. The van der Waals surface area contributed by atoms with Gasteiger partial charge in [-0.25, -0.2) is 4.90 Å². The predicted octanol–water partition coefficient (Wildman–Crippen LogP) is 3.82. The van der Waals surface area contributed by atoms with Crippen molar-refractivity contribution in [3.63, 3.8) is 0 Å². The van der Waals surface area contributed by atoms with E-state index in [1.165, 1.54) is 4.90 Å². The maximum absolute atomic E-state index is 12.9. The monoisotopic (exact) mass is 312 g/mol. The van der Waals surface area contributed by atoms with E-state index in [0.717, 1.165) is 16.3 Å². The summed E-state index contributed by atoms with van der Waals surface area (Å²) in [6.07, 6.45) is 0. The first-order valence-corrected chi connectivity index (χ1v) is 7.53. The molecule has 3 aromatic carbocycles. The Morgan fingerprint density at radius 3 is 2.21 bits per heavy atom. The molecular formula is C20H12N2O2. The highest BCUT2D eigenvalue weighted by atomic mass is 16.2.